The monoisotopic (exact) mass is 235 g/mol. The van der Waals surface area contributed by atoms with Crippen molar-refractivity contribution < 1.29 is 4.74 Å². The molecule has 0 spiro atoms. The van der Waals surface area contributed by atoms with Crippen LogP contribution in [0.5, 0.6) is 5.75 Å². The fourth-order valence-electron chi connectivity index (χ4n) is 1.97. The highest BCUT2D eigenvalue weighted by Gasteiger charge is 2.02. The number of hydrogen-bond donors (Lipinski definition) is 0. The van der Waals surface area contributed by atoms with Crippen molar-refractivity contribution in [1.29, 1.82) is 0 Å². The second kappa shape index (κ2) is 4.88. The number of aromatic nitrogens is 1. The maximum Gasteiger partial charge on any atom is 0.131 e. The van der Waals surface area contributed by atoms with Crippen LogP contribution in [0.2, 0.25) is 0 Å². The lowest BCUT2D eigenvalue weighted by Gasteiger charge is -2.07. The quantitative estimate of drug-likeness (QED) is 0.688. The lowest BCUT2D eigenvalue weighted by Crippen LogP contribution is -1.98. The topological polar surface area (TPSA) is 22.1 Å². The average Bonchev–Trinajstić information content (AvgIpc) is 2.46. The molecule has 3 rings (SSSR count). The molecule has 0 N–H and O–H groups in total. The third kappa shape index (κ3) is 2.18. The number of pyridine rings is 1. The van der Waals surface area contributed by atoms with E-state index in [0.717, 1.165) is 16.8 Å². The van der Waals surface area contributed by atoms with Crippen molar-refractivity contribution in [3.8, 4) is 5.75 Å². The SMILES string of the molecule is c1ccc(OCc2nccc3ccccc23)cc1. The first-order valence-corrected chi connectivity index (χ1v) is 5.94. The summed E-state index contributed by atoms with van der Waals surface area (Å²) in [5.74, 6) is 0.868. The van der Waals surface area contributed by atoms with Crippen molar-refractivity contribution in [2.75, 3.05) is 0 Å². The van der Waals surface area contributed by atoms with Gasteiger partial charge in [0.05, 0.1) is 5.69 Å². The van der Waals surface area contributed by atoms with E-state index in [2.05, 4.69) is 17.1 Å². The molecule has 88 valence electrons. The number of hydrogen-bond acceptors (Lipinski definition) is 2. The Morgan fingerprint density at radius 3 is 2.50 bits per heavy atom. The highest BCUT2D eigenvalue weighted by Crippen LogP contribution is 2.18. The van der Waals surface area contributed by atoms with E-state index in [9.17, 15) is 0 Å². The van der Waals surface area contributed by atoms with Crippen molar-refractivity contribution in [3.05, 3.63) is 72.6 Å². The van der Waals surface area contributed by atoms with Crippen LogP contribution < -0.4 is 4.74 Å². The van der Waals surface area contributed by atoms with Gasteiger partial charge in [-0.3, -0.25) is 4.98 Å². The van der Waals surface area contributed by atoms with Crippen LogP contribution in [0.25, 0.3) is 10.8 Å². The Morgan fingerprint density at radius 2 is 1.61 bits per heavy atom. The van der Waals surface area contributed by atoms with E-state index in [1.54, 1.807) is 0 Å². The van der Waals surface area contributed by atoms with Crippen molar-refractivity contribution in [3.63, 3.8) is 0 Å². The minimum Gasteiger partial charge on any atom is -0.487 e. The van der Waals surface area contributed by atoms with Gasteiger partial charge < -0.3 is 4.74 Å². The lowest BCUT2D eigenvalue weighted by atomic mass is 10.1. The zero-order valence-corrected chi connectivity index (χ0v) is 9.91. The molecule has 0 bridgehead atoms. The summed E-state index contributed by atoms with van der Waals surface area (Å²) in [6, 6.07) is 20.0. The number of fused-ring (bicyclic) bond motifs is 1. The van der Waals surface area contributed by atoms with Crippen LogP contribution in [0.1, 0.15) is 5.69 Å². The van der Waals surface area contributed by atoms with E-state index in [4.69, 9.17) is 4.74 Å². The van der Waals surface area contributed by atoms with Crippen LogP contribution in [0.15, 0.2) is 66.9 Å². The maximum atomic E-state index is 5.74. The van der Waals surface area contributed by atoms with Crippen molar-refractivity contribution in [2.45, 2.75) is 6.61 Å². The number of nitrogens with zero attached hydrogens (tertiary/aromatic N) is 1. The van der Waals surface area contributed by atoms with Crippen LogP contribution in [-0.2, 0) is 6.61 Å². The second-order valence-corrected chi connectivity index (χ2v) is 4.08. The van der Waals surface area contributed by atoms with Gasteiger partial charge in [-0.1, -0.05) is 42.5 Å². The molecule has 1 heterocycles. The summed E-state index contributed by atoms with van der Waals surface area (Å²) in [4.78, 5) is 4.40. The molecule has 0 saturated carbocycles. The first-order valence-electron chi connectivity index (χ1n) is 5.94. The first kappa shape index (κ1) is 10.8. The van der Waals surface area contributed by atoms with Gasteiger partial charge in [0.25, 0.3) is 0 Å². The Morgan fingerprint density at radius 1 is 0.833 bits per heavy atom. The van der Waals surface area contributed by atoms with E-state index < -0.39 is 0 Å². The Balaban J connectivity index is 1.87. The number of benzene rings is 2. The number of para-hydroxylation sites is 1. The number of ether oxygens (including phenoxy) is 1. The van der Waals surface area contributed by atoms with E-state index in [1.165, 1.54) is 5.39 Å². The third-order valence-electron chi connectivity index (χ3n) is 2.87. The molecule has 0 unspecified atom stereocenters. The Hall–Kier alpha value is -2.35. The van der Waals surface area contributed by atoms with Gasteiger partial charge in [-0.25, -0.2) is 0 Å². The average molecular weight is 235 g/mol. The molecule has 2 nitrogen and oxygen atoms in total. The van der Waals surface area contributed by atoms with E-state index in [1.807, 2.05) is 54.7 Å². The molecule has 2 aromatic carbocycles. The molecule has 0 atom stereocenters. The molecule has 0 aliphatic heterocycles. The predicted octanol–water partition coefficient (Wildman–Crippen LogP) is 3.81. The summed E-state index contributed by atoms with van der Waals surface area (Å²) in [6.07, 6.45) is 1.83. The molecule has 0 aliphatic rings. The normalized spacial score (nSPS) is 10.4. The molecule has 2 heteroatoms. The molecule has 0 radical (unpaired) electrons. The Kier molecular flexibility index (Phi) is 2.92. The summed E-state index contributed by atoms with van der Waals surface area (Å²) in [5, 5.41) is 2.34. The highest BCUT2D eigenvalue weighted by molar-refractivity contribution is 5.84. The van der Waals surface area contributed by atoms with Crippen LogP contribution in [-0.4, -0.2) is 4.98 Å². The van der Waals surface area contributed by atoms with Gasteiger partial charge in [0.15, 0.2) is 0 Å². The Labute approximate surface area is 106 Å². The zero-order chi connectivity index (χ0) is 12.2. The smallest absolute Gasteiger partial charge is 0.131 e. The summed E-state index contributed by atoms with van der Waals surface area (Å²) in [6.45, 7) is 0.491. The summed E-state index contributed by atoms with van der Waals surface area (Å²) < 4.78 is 5.74. The van der Waals surface area contributed by atoms with Gasteiger partial charge in [-0.05, 0) is 23.6 Å². The van der Waals surface area contributed by atoms with Crippen molar-refractivity contribution >= 4 is 10.8 Å². The molecule has 0 saturated heterocycles. The summed E-state index contributed by atoms with van der Waals surface area (Å²) >= 11 is 0. The highest BCUT2D eigenvalue weighted by atomic mass is 16.5. The molecule has 0 fully saturated rings. The molecular formula is C16H13NO. The third-order valence-corrected chi connectivity index (χ3v) is 2.87. The number of rotatable bonds is 3. The van der Waals surface area contributed by atoms with Gasteiger partial charge in [0.1, 0.15) is 12.4 Å². The van der Waals surface area contributed by atoms with Crippen molar-refractivity contribution in [2.24, 2.45) is 0 Å². The van der Waals surface area contributed by atoms with E-state index >= 15 is 0 Å². The summed E-state index contributed by atoms with van der Waals surface area (Å²) in [7, 11) is 0. The predicted molar refractivity (Wildman–Crippen MR) is 72.5 cm³/mol. The first-order chi connectivity index (χ1) is 8.93. The molecule has 0 amide bonds. The van der Waals surface area contributed by atoms with Crippen LogP contribution in [0.4, 0.5) is 0 Å². The van der Waals surface area contributed by atoms with E-state index in [-0.39, 0.29) is 0 Å². The minimum absolute atomic E-state index is 0.491. The lowest BCUT2D eigenvalue weighted by molar-refractivity contribution is 0.303. The van der Waals surface area contributed by atoms with Crippen molar-refractivity contribution in [1.82, 2.24) is 4.98 Å². The van der Waals surface area contributed by atoms with Gasteiger partial charge in [-0.2, -0.15) is 0 Å². The molecule has 1 aromatic heterocycles. The van der Waals surface area contributed by atoms with Gasteiger partial charge in [0, 0.05) is 11.6 Å². The van der Waals surface area contributed by atoms with Gasteiger partial charge >= 0.3 is 0 Å². The Bertz CT molecular complexity index is 644. The maximum absolute atomic E-state index is 5.74. The van der Waals surface area contributed by atoms with E-state index in [0.29, 0.717) is 6.61 Å². The fraction of sp³-hybridized carbons (Fsp3) is 0.0625. The van der Waals surface area contributed by atoms with Crippen LogP contribution >= 0.6 is 0 Å². The van der Waals surface area contributed by atoms with Crippen LogP contribution in [0.3, 0.4) is 0 Å². The van der Waals surface area contributed by atoms with Crippen LogP contribution in [0, 0.1) is 0 Å². The fourth-order valence-corrected chi connectivity index (χ4v) is 1.97. The largest absolute Gasteiger partial charge is 0.487 e. The van der Waals surface area contributed by atoms with Gasteiger partial charge in [0.2, 0.25) is 0 Å². The zero-order valence-electron chi connectivity index (χ0n) is 9.91. The standard InChI is InChI=1S/C16H13NO/c1-2-7-14(8-3-1)18-12-16-15-9-5-4-6-13(15)10-11-17-16/h1-11H,12H2. The molecule has 3 aromatic rings. The van der Waals surface area contributed by atoms with Gasteiger partial charge in [-0.15, -0.1) is 0 Å². The molecular weight excluding hydrogens is 222 g/mol. The second-order valence-electron chi connectivity index (χ2n) is 4.08. The minimum atomic E-state index is 0.491. The summed E-state index contributed by atoms with van der Waals surface area (Å²) in [5.41, 5.74) is 0.969. The molecule has 0 aliphatic carbocycles. The molecule has 18 heavy (non-hydrogen) atoms.